The highest BCUT2D eigenvalue weighted by Crippen LogP contribution is 2.35. The number of methoxy groups -OCH3 is 1. The van der Waals surface area contributed by atoms with E-state index in [1.165, 1.54) is 13.2 Å². The van der Waals surface area contributed by atoms with Gasteiger partial charge < -0.3 is 15.5 Å². The minimum Gasteiger partial charge on any atom is -0.385 e. The summed E-state index contributed by atoms with van der Waals surface area (Å²) in [7, 11) is 1.52. The van der Waals surface area contributed by atoms with Crippen molar-refractivity contribution >= 4 is 11.6 Å². The summed E-state index contributed by atoms with van der Waals surface area (Å²) in [5, 5.41) is 2.51. The van der Waals surface area contributed by atoms with E-state index in [1.54, 1.807) is 0 Å². The molecule has 0 aliphatic rings. The lowest BCUT2D eigenvalue weighted by Gasteiger charge is -2.14. The van der Waals surface area contributed by atoms with Gasteiger partial charge in [0.2, 0.25) is 0 Å². The molecule has 0 heterocycles. The predicted octanol–water partition coefficient (Wildman–Crippen LogP) is 1.76. The van der Waals surface area contributed by atoms with Crippen LogP contribution in [-0.2, 0) is 10.9 Å². The van der Waals surface area contributed by atoms with Crippen LogP contribution < -0.4 is 16.6 Å². The number of carbonyl (C=O) groups excluding carboxylic acids is 1. The van der Waals surface area contributed by atoms with Crippen LogP contribution in [0.1, 0.15) is 22.3 Å². The van der Waals surface area contributed by atoms with Gasteiger partial charge in [-0.25, -0.2) is 0 Å². The fraction of sp³-hybridized carbons (Fsp3) is 0.417. The summed E-state index contributed by atoms with van der Waals surface area (Å²) in [6, 6.07) is 3.16. The zero-order valence-electron chi connectivity index (χ0n) is 10.9. The maximum Gasteiger partial charge on any atom is 0.418 e. The lowest BCUT2D eigenvalue weighted by atomic mass is 10.1. The van der Waals surface area contributed by atoms with Crippen molar-refractivity contribution < 1.29 is 22.7 Å². The van der Waals surface area contributed by atoms with Crippen molar-refractivity contribution in [3.63, 3.8) is 0 Å². The number of ether oxygens (including phenoxy) is 1. The fourth-order valence-corrected chi connectivity index (χ4v) is 1.57. The minimum atomic E-state index is -4.59. The molecule has 4 N–H and O–H groups in total. The summed E-state index contributed by atoms with van der Waals surface area (Å²) in [6.07, 6.45) is -4.01. The van der Waals surface area contributed by atoms with E-state index in [2.05, 4.69) is 5.32 Å². The maximum absolute atomic E-state index is 12.8. The lowest BCUT2D eigenvalue weighted by molar-refractivity contribution is -0.137. The van der Waals surface area contributed by atoms with Gasteiger partial charge in [0.25, 0.3) is 5.91 Å². The summed E-state index contributed by atoms with van der Waals surface area (Å²) in [4.78, 5) is 11.7. The largest absolute Gasteiger partial charge is 0.418 e. The Hall–Kier alpha value is -1.80. The molecule has 0 aliphatic carbocycles. The van der Waals surface area contributed by atoms with Crippen LogP contribution in [-0.4, -0.2) is 26.2 Å². The average Bonchev–Trinajstić information content (AvgIpc) is 2.41. The fourth-order valence-electron chi connectivity index (χ4n) is 1.57. The highest BCUT2D eigenvalue weighted by atomic mass is 19.4. The van der Waals surface area contributed by atoms with Crippen LogP contribution in [0.2, 0.25) is 0 Å². The summed E-state index contributed by atoms with van der Waals surface area (Å²) >= 11 is 0. The maximum atomic E-state index is 12.8. The van der Waals surface area contributed by atoms with Crippen LogP contribution >= 0.6 is 0 Å². The van der Waals surface area contributed by atoms with E-state index in [4.69, 9.17) is 10.6 Å². The number of nitrogen functional groups attached to an aromatic ring is 1. The first-order valence-electron chi connectivity index (χ1n) is 5.85. The second-order valence-corrected chi connectivity index (χ2v) is 4.00. The van der Waals surface area contributed by atoms with E-state index in [0.29, 0.717) is 19.6 Å². The topological polar surface area (TPSA) is 76.4 Å². The van der Waals surface area contributed by atoms with Gasteiger partial charge in [0.1, 0.15) is 0 Å². The monoisotopic (exact) mass is 291 g/mol. The Morgan fingerprint density at radius 1 is 1.40 bits per heavy atom. The summed E-state index contributed by atoms with van der Waals surface area (Å²) in [5.41, 5.74) is 0.619. The van der Waals surface area contributed by atoms with Crippen molar-refractivity contribution in [2.45, 2.75) is 12.6 Å². The van der Waals surface area contributed by atoms with Gasteiger partial charge >= 0.3 is 6.18 Å². The minimum absolute atomic E-state index is 0.0752. The number of rotatable bonds is 6. The van der Waals surface area contributed by atoms with Crippen molar-refractivity contribution in [2.75, 3.05) is 25.7 Å². The molecule has 0 aromatic heterocycles. The molecule has 5 nitrogen and oxygen atoms in total. The third-order valence-electron chi connectivity index (χ3n) is 2.55. The molecule has 1 amide bonds. The molecule has 20 heavy (non-hydrogen) atoms. The molecular weight excluding hydrogens is 275 g/mol. The van der Waals surface area contributed by atoms with E-state index >= 15 is 0 Å². The van der Waals surface area contributed by atoms with E-state index in [0.717, 1.165) is 12.1 Å². The van der Waals surface area contributed by atoms with Crippen LogP contribution in [0.5, 0.6) is 0 Å². The molecule has 1 aromatic rings. The molecule has 1 aromatic carbocycles. The number of hydrogen-bond acceptors (Lipinski definition) is 4. The molecule has 0 atom stereocenters. The van der Waals surface area contributed by atoms with Crippen LogP contribution in [0.3, 0.4) is 0 Å². The smallest absolute Gasteiger partial charge is 0.385 e. The second-order valence-electron chi connectivity index (χ2n) is 4.00. The van der Waals surface area contributed by atoms with E-state index < -0.39 is 17.6 Å². The average molecular weight is 291 g/mol. The molecule has 0 aliphatic heterocycles. The first-order chi connectivity index (χ1) is 9.40. The zero-order valence-corrected chi connectivity index (χ0v) is 10.9. The van der Waals surface area contributed by atoms with Gasteiger partial charge in [-0.15, -0.1) is 0 Å². The van der Waals surface area contributed by atoms with Crippen LogP contribution in [0.4, 0.5) is 18.9 Å². The number of anilines is 1. The Morgan fingerprint density at radius 3 is 2.65 bits per heavy atom. The number of amides is 1. The van der Waals surface area contributed by atoms with Crippen molar-refractivity contribution in [1.82, 2.24) is 5.32 Å². The SMILES string of the molecule is COCCCNC(=O)c1ccc(NN)c(C(F)(F)F)c1. The molecule has 112 valence electrons. The summed E-state index contributed by atoms with van der Waals surface area (Å²) in [5.74, 6) is 4.45. The third kappa shape index (κ3) is 4.39. The number of nitrogens with two attached hydrogens (primary N) is 1. The van der Waals surface area contributed by atoms with Gasteiger partial charge in [-0.3, -0.25) is 10.6 Å². The molecule has 0 radical (unpaired) electrons. The van der Waals surface area contributed by atoms with Crippen LogP contribution in [0.15, 0.2) is 18.2 Å². The van der Waals surface area contributed by atoms with Gasteiger partial charge in [-0.05, 0) is 24.6 Å². The van der Waals surface area contributed by atoms with Gasteiger partial charge in [0.15, 0.2) is 0 Å². The van der Waals surface area contributed by atoms with Crippen molar-refractivity contribution in [3.05, 3.63) is 29.3 Å². The molecule has 0 spiro atoms. The van der Waals surface area contributed by atoms with Gasteiger partial charge in [0.05, 0.1) is 11.3 Å². The highest BCUT2D eigenvalue weighted by molar-refractivity contribution is 5.94. The Balaban J connectivity index is 2.83. The van der Waals surface area contributed by atoms with Crippen LogP contribution in [0.25, 0.3) is 0 Å². The molecular formula is C12H16F3N3O2. The quantitative estimate of drug-likeness (QED) is 0.424. The molecule has 0 saturated heterocycles. The van der Waals surface area contributed by atoms with E-state index in [1.807, 2.05) is 5.43 Å². The van der Waals surface area contributed by atoms with E-state index in [-0.39, 0.29) is 11.3 Å². The lowest BCUT2D eigenvalue weighted by Crippen LogP contribution is -2.26. The summed E-state index contributed by atoms with van der Waals surface area (Å²) < 4.78 is 43.2. The number of halogens is 3. The number of nitrogens with one attached hydrogen (secondary N) is 2. The molecule has 0 unspecified atom stereocenters. The zero-order chi connectivity index (χ0) is 15.2. The first kappa shape index (κ1) is 16.3. The Morgan fingerprint density at radius 2 is 2.10 bits per heavy atom. The molecule has 0 saturated carbocycles. The molecule has 8 heteroatoms. The Bertz CT molecular complexity index is 464. The second kappa shape index (κ2) is 7.11. The molecule has 0 bridgehead atoms. The van der Waals surface area contributed by atoms with Crippen molar-refractivity contribution in [2.24, 2.45) is 5.84 Å². The number of alkyl halides is 3. The summed E-state index contributed by atoms with van der Waals surface area (Å²) in [6.45, 7) is 0.787. The molecule has 1 rings (SSSR count). The first-order valence-corrected chi connectivity index (χ1v) is 5.85. The number of hydrogen-bond donors (Lipinski definition) is 3. The van der Waals surface area contributed by atoms with E-state index in [9.17, 15) is 18.0 Å². The predicted molar refractivity (Wildman–Crippen MR) is 68.1 cm³/mol. The van der Waals surface area contributed by atoms with Gasteiger partial charge in [-0.1, -0.05) is 0 Å². The Labute approximate surface area is 114 Å². The number of carbonyl (C=O) groups is 1. The van der Waals surface area contributed by atoms with Crippen molar-refractivity contribution in [3.8, 4) is 0 Å². The normalized spacial score (nSPS) is 11.2. The van der Waals surface area contributed by atoms with Crippen molar-refractivity contribution in [1.29, 1.82) is 0 Å². The van der Waals surface area contributed by atoms with Gasteiger partial charge in [-0.2, -0.15) is 13.2 Å². The number of benzene rings is 1. The molecule has 0 fully saturated rings. The van der Waals surface area contributed by atoms with Crippen LogP contribution in [0, 0.1) is 0 Å². The van der Waals surface area contributed by atoms with Gasteiger partial charge in [0, 0.05) is 25.8 Å². The highest BCUT2D eigenvalue weighted by Gasteiger charge is 2.34. The Kier molecular flexibility index (Phi) is 5.78. The standard InChI is InChI=1S/C12H16F3N3O2/c1-20-6-2-5-17-11(19)8-3-4-10(18-16)9(7-8)12(13,14)15/h3-4,7,18H,2,5-6,16H2,1H3,(H,17,19). The third-order valence-corrected chi connectivity index (χ3v) is 2.55. The number of hydrazine groups is 1.